The first-order valence-electron chi connectivity index (χ1n) is 14.7. The SMILES string of the molecule is CC(=O)O[C@H]([C@@H](C)[C@H]1CC[C@H]2[C@@H]3CC(=O)[C@]45C[C@@H]4CC[C@]5(C)[C@H]3CC[C@]12C)[C@@H](CC(C)C)OC(C)=O. The molecule has 0 saturated heterocycles. The van der Waals surface area contributed by atoms with E-state index in [-0.39, 0.29) is 34.1 Å². The van der Waals surface area contributed by atoms with Gasteiger partial charge in [0.1, 0.15) is 18.0 Å². The van der Waals surface area contributed by atoms with E-state index in [1.165, 1.54) is 39.5 Å². The molecule has 0 radical (unpaired) electrons. The van der Waals surface area contributed by atoms with Crippen molar-refractivity contribution in [1.29, 1.82) is 0 Å². The van der Waals surface area contributed by atoms with Gasteiger partial charge in [-0.05, 0) is 97.7 Å². The highest BCUT2D eigenvalue weighted by Gasteiger charge is 2.77. The second kappa shape index (κ2) is 8.83. The Bertz CT molecular complexity index is 926. The average Bonchev–Trinajstić information content (AvgIpc) is 3.30. The first kappa shape index (κ1) is 26.2. The minimum Gasteiger partial charge on any atom is -0.459 e. The van der Waals surface area contributed by atoms with Gasteiger partial charge in [0.25, 0.3) is 0 Å². The zero-order chi connectivity index (χ0) is 26.2. The molecular formula is C31H48O5. The number of ether oxygens (including phenoxy) is 2. The summed E-state index contributed by atoms with van der Waals surface area (Å²) in [6.45, 7) is 14.3. The van der Waals surface area contributed by atoms with Crippen LogP contribution in [0.2, 0.25) is 0 Å². The number of carbonyl (C=O) groups excluding carboxylic acids is 3. The maximum Gasteiger partial charge on any atom is 0.303 e. The van der Waals surface area contributed by atoms with E-state index < -0.39 is 12.2 Å². The number of hydrogen-bond donors (Lipinski definition) is 0. The van der Waals surface area contributed by atoms with Crippen molar-refractivity contribution in [2.24, 2.45) is 57.7 Å². The second-order valence-corrected chi connectivity index (χ2v) is 14.3. The van der Waals surface area contributed by atoms with E-state index in [0.29, 0.717) is 47.7 Å². The molecule has 5 aliphatic carbocycles. The van der Waals surface area contributed by atoms with Crippen LogP contribution in [0.15, 0.2) is 0 Å². The Balaban J connectivity index is 1.41. The molecule has 5 fully saturated rings. The van der Waals surface area contributed by atoms with Crippen LogP contribution >= 0.6 is 0 Å². The average molecular weight is 501 g/mol. The first-order chi connectivity index (χ1) is 16.8. The molecule has 5 heteroatoms. The second-order valence-electron chi connectivity index (χ2n) is 14.3. The minimum absolute atomic E-state index is 0.0295. The Morgan fingerprint density at radius 2 is 1.64 bits per heavy atom. The maximum absolute atomic E-state index is 13.6. The van der Waals surface area contributed by atoms with Gasteiger partial charge < -0.3 is 9.47 Å². The van der Waals surface area contributed by atoms with Crippen molar-refractivity contribution in [3.63, 3.8) is 0 Å². The smallest absolute Gasteiger partial charge is 0.303 e. The van der Waals surface area contributed by atoms with Crippen molar-refractivity contribution in [1.82, 2.24) is 0 Å². The molecule has 202 valence electrons. The molecule has 5 rings (SSSR count). The molecule has 0 aliphatic heterocycles. The predicted molar refractivity (Wildman–Crippen MR) is 138 cm³/mol. The number of carbonyl (C=O) groups is 3. The van der Waals surface area contributed by atoms with Crippen LogP contribution in [0.25, 0.3) is 0 Å². The molecule has 11 atom stereocenters. The summed E-state index contributed by atoms with van der Waals surface area (Å²) in [6.07, 6.45) is 8.90. The van der Waals surface area contributed by atoms with Crippen LogP contribution in [-0.2, 0) is 23.9 Å². The van der Waals surface area contributed by atoms with Gasteiger partial charge in [0.15, 0.2) is 0 Å². The largest absolute Gasteiger partial charge is 0.459 e. The van der Waals surface area contributed by atoms with Crippen LogP contribution in [0, 0.1) is 57.7 Å². The van der Waals surface area contributed by atoms with Crippen LogP contribution in [0.5, 0.6) is 0 Å². The molecule has 0 N–H and O–H groups in total. The van der Waals surface area contributed by atoms with Crippen LogP contribution in [0.4, 0.5) is 0 Å². The number of fused-ring (bicyclic) bond motifs is 4. The summed E-state index contributed by atoms with van der Waals surface area (Å²) in [5, 5.41) is 0. The van der Waals surface area contributed by atoms with E-state index >= 15 is 0 Å². The number of Topliss-reactive ketones (excluding diaryl/α,β-unsaturated/α-hetero) is 1. The Labute approximate surface area is 217 Å². The molecule has 0 unspecified atom stereocenters. The van der Waals surface area contributed by atoms with Crippen molar-refractivity contribution < 1.29 is 23.9 Å². The summed E-state index contributed by atoms with van der Waals surface area (Å²) in [4.78, 5) is 37.8. The molecule has 0 aromatic rings. The monoisotopic (exact) mass is 500 g/mol. The van der Waals surface area contributed by atoms with Crippen LogP contribution < -0.4 is 0 Å². The van der Waals surface area contributed by atoms with E-state index in [0.717, 1.165) is 25.7 Å². The van der Waals surface area contributed by atoms with E-state index in [9.17, 15) is 14.4 Å². The molecule has 5 aliphatic rings. The van der Waals surface area contributed by atoms with E-state index in [1.54, 1.807) is 0 Å². The summed E-state index contributed by atoms with van der Waals surface area (Å²) in [7, 11) is 0. The number of ketones is 1. The number of hydrogen-bond acceptors (Lipinski definition) is 5. The summed E-state index contributed by atoms with van der Waals surface area (Å²) >= 11 is 0. The fraction of sp³-hybridized carbons (Fsp3) is 0.903. The molecular weight excluding hydrogens is 452 g/mol. The van der Waals surface area contributed by atoms with Gasteiger partial charge in [-0.25, -0.2) is 0 Å². The third-order valence-electron chi connectivity index (χ3n) is 12.2. The Kier molecular flexibility index (Phi) is 6.44. The van der Waals surface area contributed by atoms with Gasteiger partial charge in [-0.1, -0.05) is 34.6 Å². The van der Waals surface area contributed by atoms with Crippen molar-refractivity contribution in [2.45, 2.75) is 118 Å². The quantitative estimate of drug-likeness (QED) is 0.380. The van der Waals surface area contributed by atoms with Crippen LogP contribution in [-0.4, -0.2) is 29.9 Å². The zero-order valence-corrected chi connectivity index (χ0v) is 23.6. The zero-order valence-electron chi connectivity index (χ0n) is 23.6. The molecule has 36 heavy (non-hydrogen) atoms. The van der Waals surface area contributed by atoms with Gasteiger partial charge in [-0.15, -0.1) is 0 Å². The molecule has 0 heterocycles. The summed E-state index contributed by atoms with van der Waals surface area (Å²) in [6, 6.07) is 0. The summed E-state index contributed by atoms with van der Waals surface area (Å²) in [5.74, 6) is 3.13. The normalized spacial score (nSPS) is 45.1. The molecule has 0 bridgehead atoms. The fourth-order valence-corrected chi connectivity index (χ4v) is 10.8. The predicted octanol–water partition coefficient (Wildman–Crippen LogP) is 6.37. The van der Waals surface area contributed by atoms with Gasteiger partial charge in [0.05, 0.1) is 0 Å². The summed E-state index contributed by atoms with van der Waals surface area (Å²) < 4.78 is 11.7. The number of esters is 2. The van der Waals surface area contributed by atoms with Crippen LogP contribution in [0.3, 0.4) is 0 Å². The molecule has 5 nitrogen and oxygen atoms in total. The third kappa shape index (κ3) is 3.72. The van der Waals surface area contributed by atoms with Crippen molar-refractivity contribution in [3.8, 4) is 0 Å². The molecule has 1 spiro atoms. The lowest BCUT2D eigenvalue weighted by Crippen LogP contribution is -2.56. The van der Waals surface area contributed by atoms with Gasteiger partial charge in [0, 0.05) is 31.6 Å². The molecule has 0 aromatic carbocycles. The Hall–Kier alpha value is -1.39. The maximum atomic E-state index is 13.6. The standard InChI is InChI=1S/C31H48O5/c1-17(2)14-26(35-19(4)32)28(36-20(5)33)18(3)23-8-9-24-22-15-27(34)31-16-21(31)10-13-30(31,7)25(22)11-12-29(23,24)6/h17-18,21-26,28H,8-16H2,1-7H3/t18-,21-,22-,23+,24-,25-,26+,28+,29+,30+,31-/m0/s1. The molecule has 0 amide bonds. The van der Waals surface area contributed by atoms with Gasteiger partial charge in [-0.2, -0.15) is 0 Å². The van der Waals surface area contributed by atoms with Crippen molar-refractivity contribution in [2.75, 3.05) is 0 Å². The highest BCUT2D eigenvalue weighted by atomic mass is 16.6. The number of rotatable bonds is 7. The van der Waals surface area contributed by atoms with Gasteiger partial charge in [-0.3, -0.25) is 14.4 Å². The van der Waals surface area contributed by atoms with E-state index in [1.807, 2.05) is 0 Å². The van der Waals surface area contributed by atoms with E-state index in [2.05, 4.69) is 34.6 Å². The lowest BCUT2D eigenvalue weighted by Gasteiger charge is -2.58. The topological polar surface area (TPSA) is 69.7 Å². The van der Waals surface area contributed by atoms with Gasteiger partial charge >= 0.3 is 11.9 Å². The van der Waals surface area contributed by atoms with Crippen molar-refractivity contribution >= 4 is 17.7 Å². The first-order valence-corrected chi connectivity index (χ1v) is 14.7. The van der Waals surface area contributed by atoms with Crippen molar-refractivity contribution in [3.05, 3.63) is 0 Å². The van der Waals surface area contributed by atoms with E-state index in [4.69, 9.17) is 9.47 Å². The lowest BCUT2D eigenvalue weighted by atomic mass is 9.45. The van der Waals surface area contributed by atoms with Gasteiger partial charge in [0.2, 0.25) is 0 Å². The Morgan fingerprint density at radius 3 is 2.25 bits per heavy atom. The lowest BCUT2D eigenvalue weighted by molar-refractivity contribution is -0.176. The Morgan fingerprint density at radius 1 is 0.944 bits per heavy atom. The fourth-order valence-electron chi connectivity index (χ4n) is 10.8. The highest BCUT2D eigenvalue weighted by Crippen LogP contribution is 2.80. The third-order valence-corrected chi connectivity index (χ3v) is 12.2. The van der Waals surface area contributed by atoms with Crippen LogP contribution in [0.1, 0.15) is 106 Å². The molecule has 0 aromatic heterocycles. The summed E-state index contributed by atoms with van der Waals surface area (Å²) in [5.41, 5.74) is 0.364. The minimum atomic E-state index is -0.442. The molecule has 5 saturated carbocycles. The highest BCUT2D eigenvalue weighted by molar-refractivity contribution is 5.91.